The van der Waals surface area contributed by atoms with Crippen LogP contribution in [0.3, 0.4) is 0 Å². The van der Waals surface area contributed by atoms with Gasteiger partial charge >= 0.3 is 11.8 Å². The highest BCUT2D eigenvalue weighted by molar-refractivity contribution is 6.35. The van der Waals surface area contributed by atoms with Crippen LogP contribution in [0.2, 0.25) is 0 Å². The number of benzene rings is 1. The number of nitrogens with one attached hydrogen (secondary N) is 2. The van der Waals surface area contributed by atoms with Gasteiger partial charge in [-0.2, -0.15) is 0 Å². The van der Waals surface area contributed by atoms with Gasteiger partial charge in [0.2, 0.25) is 0 Å². The van der Waals surface area contributed by atoms with Gasteiger partial charge in [-0.3, -0.25) is 9.59 Å². The Morgan fingerprint density at radius 3 is 2.67 bits per heavy atom. The van der Waals surface area contributed by atoms with Crippen LogP contribution in [0.4, 0.5) is 0 Å². The quantitative estimate of drug-likeness (QED) is 0.623. The van der Waals surface area contributed by atoms with Gasteiger partial charge in [0.05, 0.1) is 6.54 Å². The van der Waals surface area contributed by atoms with Crippen LogP contribution < -0.4 is 20.1 Å². The largest absolute Gasteiger partial charge is 0.486 e. The number of ether oxygens (including phenoxy) is 2. The summed E-state index contributed by atoms with van der Waals surface area (Å²) >= 11 is 0. The first-order valence-electron chi connectivity index (χ1n) is 7.15. The second kappa shape index (κ2) is 7.52. The van der Waals surface area contributed by atoms with E-state index in [4.69, 9.17) is 9.47 Å². The third kappa shape index (κ3) is 4.37. The summed E-state index contributed by atoms with van der Waals surface area (Å²) in [6, 6.07) is 7.35. The zero-order valence-corrected chi connectivity index (χ0v) is 12.1. The summed E-state index contributed by atoms with van der Waals surface area (Å²) in [5.41, 5.74) is 0. The van der Waals surface area contributed by atoms with Crippen molar-refractivity contribution >= 4 is 11.8 Å². The molecule has 0 saturated carbocycles. The monoisotopic (exact) mass is 292 g/mol. The van der Waals surface area contributed by atoms with E-state index >= 15 is 0 Å². The summed E-state index contributed by atoms with van der Waals surface area (Å²) in [5, 5.41) is 5.12. The number of rotatable bonds is 5. The van der Waals surface area contributed by atoms with Crippen molar-refractivity contribution in [1.29, 1.82) is 0 Å². The molecular formula is C15H20N2O4. The van der Waals surface area contributed by atoms with Crippen LogP contribution in [0.5, 0.6) is 11.5 Å². The highest BCUT2D eigenvalue weighted by Gasteiger charge is 2.22. The Labute approximate surface area is 123 Å². The van der Waals surface area contributed by atoms with E-state index in [0.29, 0.717) is 24.7 Å². The third-order valence-electron chi connectivity index (χ3n) is 3.08. The van der Waals surface area contributed by atoms with Crippen molar-refractivity contribution < 1.29 is 19.1 Å². The fraction of sp³-hybridized carbons (Fsp3) is 0.467. The lowest BCUT2D eigenvalue weighted by atomic mass is 10.2. The predicted octanol–water partition coefficient (Wildman–Crippen LogP) is 0.859. The normalized spacial score (nSPS) is 16.1. The molecule has 0 radical (unpaired) electrons. The van der Waals surface area contributed by atoms with Gasteiger partial charge in [-0.05, 0) is 18.6 Å². The van der Waals surface area contributed by atoms with Gasteiger partial charge in [0.1, 0.15) is 12.7 Å². The number of para-hydroxylation sites is 2. The van der Waals surface area contributed by atoms with Crippen LogP contribution in [0, 0.1) is 0 Å². The summed E-state index contributed by atoms with van der Waals surface area (Å²) in [7, 11) is 0. The average Bonchev–Trinajstić information content (AvgIpc) is 2.52. The van der Waals surface area contributed by atoms with Crippen LogP contribution in [-0.4, -0.2) is 37.6 Å². The first-order chi connectivity index (χ1) is 10.2. The maximum absolute atomic E-state index is 11.6. The summed E-state index contributed by atoms with van der Waals surface area (Å²) in [6.07, 6.45) is 1.52. The molecule has 1 heterocycles. The fourth-order valence-electron chi connectivity index (χ4n) is 1.91. The molecule has 1 aromatic rings. The molecule has 0 aliphatic carbocycles. The Hall–Kier alpha value is -2.24. The van der Waals surface area contributed by atoms with Gasteiger partial charge in [-0.25, -0.2) is 0 Å². The number of fused-ring (bicyclic) bond motifs is 1. The van der Waals surface area contributed by atoms with Crippen LogP contribution in [0.1, 0.15) is 19.8 Å². The Kier molecular flexibility index (Phi) is 5.43. The van der Waals surface area contributed by atoms with Crippen LogP contribution in [-0.2, 0) is 9.59 Å². The number of hydrogen-bond acceptors (Lipinski definition) is 4. The number of hydrogen-bond donors (Lipinski definition) is 2. The minimum absolute atomic E-state index is 0.231. The van der Waals surface area contributed by atoms with Crippen molar-refractivity contribution in [2.75, 3.05) is 19.7 Å². The fourth-order valence-corrected chi connectivity index (χ4v) is 1.91. The van der Waals surface area contributed by atoms with E-state index in [1.165, 1.54) is 0 Å². The number of carbonyl (C=O) groups is 2. The van der Waals surface area contributed by atoms with Crippen molar-refractivity contribution in [1.82, 2.24) is 10.6 Å². The summed E-state index contributed by atoms with van der Waals surface area (Å²) < 4.78 is 11.2. The van der Waals surface area contributed by atoms with E-state index in [1.54, 1.807) is 6.07 Å². The zero-order chi connectivity index (χ0) is 15.1. The molecule has 2 N–H and O–H groups in total. The molecule has 1 aliphatic rings. The molecule has 2 rings (SSSR count). The molecule has 114 valence electrons. The van der Waals surface area contributed by atoms with E-state index in [0.717, 1.165) is 12.8 Å². The molecule has 0 saturated heterocycles. The lowest BCUT2D eigenvalue weighted by molar-refractivity contribution is -0.139. The van der Waals surface area contributed by atoms with Gasteiger partial charge in [-0.15, -0.1) is 0 Å². The van der Waals surface area contributed by atoms with Crippen molar-refractivity contribution in [3.05, 3.63) is 24.3 Å². The van der Waals surface area contributed by atoms with E-state index < -0.39 is 11.8 Å². The lowest BCUT2D eigenvalue weighted by Gasteiger charge is -2.26. The molecule has 0 aromatic heterocycles. The molecule has 2 amide bonds. The molecular weight excluding hydrogens is 272 g/mol. The maximum Gasteiger partial charge on any atom is 0.309 e. The van der Waals surface area contributed by atoms with Gasteiger partial charge in [0.15, 0.2) is 11.5 Å². The molecule has 1 aliphatic heterocycles. The van der Waals surface area contributed by atoms with E-state index in [9.17, 15) is 9.59 Å². The molecule has 21 heavy (non-hydrogen) atoms. The second-order valence-electron chi connectivity index (χ2n) is 4.82. The Morgan fingerprint density at radius 1 is 1.19 bits per heavy atom. The third-order valence-corrected chi connectivity index (χ3v) is 3.08. The van der Waals surface area contributed by atoms with Crippen LogP contribution in [0.25, 0.3) is 0 Å². The first-order valence-corrected chi connectivity index (χ1v) is 7.15. The second-order valence-corrected chi connectivity index (χ2v) is 4.82. The standard InChI is InChI=1S/C15H20N2O4/c1-2-3-8-16-14(18)15(19)17-9-11-10-20-12-6-4-5-7-13(12)21-11/h4-7,11H,2-3,8-10H2,1H3,(H,16,18)(H,17,19). The highest BCUT2D eigenvalue weighted by atomic mass is 16.6. The summed E-state index contributed by atoms with van der Waals surface area (Å²) in [5.74, 6) is 0.0851. The highest BCUT2D eigenvalue weighted by Crippen LogP contribution is 2.30. The first kappa shape index (κ1) is 15.2. The molecule has 1 atom stereocenters. The van der Waals surface area contributed by atoms with Gasteiger partial charge < -0.3 is 20.1 Å². The van der Waals surface area contributed by atoms with Gasteiger partial charge in [0, 0.05) is 6.54 Å². The molecule has 1 aromatic carbocycles. The van der Waals surface area contributed by atoms with Crippen molar-refractivity contribution in [2.45, 2.75) is 25.9 Å². The van der Waals surface area contributed by atoms with Crippen LogP contribution in [0.15, 0.2) is 24.3 Å². The van der Waals surface area contributed by atoms with Crippen molar-refractivity contribution in [3.8, 4) is 11.5 Å². The molecule has 0 spiro atoms. The number of unbranched alkanes of at least 4 members (excludes halogenated alkanes) is 1. The van der Waals surface area contributed by atoms with E-state index in [-0.39, 0.29) is 12.6 Å². The lowest BCUT2D eigenvalue weighted by Crippen LogP contribution is -2.46. The SMILES string of the molecule is CCCCNC(=O)C(=O)NCC1COc2ccccc2O1. The smallest absolute Gasteiger partial charge is 0.309 e. The molecule has 6 heteroatoms. The minimum Gasteiger partial charge on any atom is -0.486 e. The number of amides is 2. The van der Waals surface area contributed by atoms with E-state index in [2.05, 4.69) is 10.6 Å². The predicted molar refractivity (Wildman–Crippen MR) is 77.3 cm³/mol. The zero-order valence-electron chi connectivity index (χ0n) is 12.1. The Bertz CT molecular complexity index is 504. The summed E-state index contributed by atoms with van der Waals surface area (Å²) in [6.45, 7) is 3.10. The maximum atomic E-state index is 11.6. The molecule has 6 nitrogen and oxygen atoms in total. The van der Waals surface area contributed by atoms with E-state index in [1.807, 2.05) is 25.1 Å². The Balaban J connectivity index is 1.74. The minimum atomic E-state index is -0.645. The topological polar surface area (TPSA) is 76.7 Å². The van der Waals surface area contributed by atoms with Crippen LogP contribution >= 0.6 is 0 Å². The van der Waals surface area contributed by atoms with Crippen molar-refractivity contribution in [3.63, 3.8) is 0 Å². The summed E-state index contributed by atoms with van der Waals surface area (Å²) in [4.78, 5) is 23.1. The Morgan fingerprint density at radius 2 is 1.90 bits per heavy atom. The molecule has 0 fully saturated rings. The van der Waals surface area contributed by atoms with Gasteiger partial charge in [-0.1, -0.05) is 25.5 Å². The molecule has 1 unspecified atom stereocenters. The van der Waals surface area contributed by atoms with Crippen molar-refractivity contribution in [2.24, 2.45) is 0 Å². The molecule has 0 bridgehead atoms. The average molecular weight is 292 g/mol. The number of carbonyl (C=O) groups excluding carboxylic acids is 2. The van der Waals surface area contributed by atoms with Gasteiger partial charge in [0.25, 0.3) is 0 Å².